The van der Waals surface area contributed by atoms with E-state index in [-0.39, 0.29) is 6.61 Å². The van der Waals surface area contributed by atoms with E-state index in [1.807, 2.05) is 6.08 Å². The maximum atomic E-state index is 12.5. The van der Waals surface area contributed by atoms with Crippen molar-refractivity contribution >= 4 is 5.91 Å². The predicted molar refractivity (Wildman–Crippen MR) is 255 cm³/mol. The Balaban J connectivity index is 3.47. The molecule has 3 atom stereocenters. The van der Waals surface area contributed by atoms with E-state index in [0.717, 1.165) is 32.1 Å². The van der Waals surface area contributed by atoms with Gasteiger partial charge in [-0.15, -0.1) is 0 Å². The van der Waals surface area contributed by atoms with Gasteiger partial charge in [0.2, 0.25) is 5.91 Å². The third-order valence-electron chi connectivity index (χ3n) is 12.6. The number of rotatable bonds is 49. The molecule has 0 fully saturated rings. The van der Waals surface area contributed by atoms with Crippen LogP contribution in [0.3, 0.4) is 0 Å². The molecule has 0 heterocycles. The Hall–Kier alpha value is -0.910. The van der Waals surface area contributed by atoms with Gasteiger partial charge >= 0.3 is 0 Å². The number of nitrogens with one attached hydrogen (secondary N) is 1. The Morgan fingerprint density at radius 2 is 0.672 bits per heavy atom. The molecule has 0 saturated carbocycles. The monoisotopic (exact) mass is 820 g/mol. The van der Waals surface area contributed by atoms with Crippen molar-refractivity contribution in [3.05, 3.63) is 12.2 Å². The highest BCUT2D eigenvalue weighted by Gasteiger charge is 2.22. The molecule has 346 valence electrons. The van der Waals surface area contributed by atoms with E-state index >= 15 is 0 Å². The van der Waals surface area contributed by atoms with Crippen LogP contribution >= 0.6 is 0 Å². The van der Waals surface area contributed by atoms with Crippen LogP contribution in [0.25, 0.3) is 0 Å². The van der Waals surface area contributed by atoms with E-state index in [1.54, 1.807) is 6.08 Å². The molecule has 0 spiro atoms. The molecule has 0 aliphatic heterocycles. The highest BCUT2D eigenvalue weighted by molar-refractivity contribution is 5.80. The minimum Gasteiger partial charge on any atom is -0.394 e. The summed E-state index contributed by atoms with van der Waals surface area (Å²) in [6.07, 6.45) is 60.0. The van der Waals surface area contributed by atoms with E-state index in [9.17, 15) is 20.1 Å². The number of unbranched alkanes of at least 4 members (excludes halogenated alkanes) is 41. The van der Waals surface area contributed by atoms with Crippen molar-refractivity contribution in [1.29, 1.82) is 0 Å². The first kappa shape index (κ1) is 57.1. The minimum atomic E-state index is -1.09. The van der Waals surface area contributed by atoms with Crippen LogP contribution in [0.5, 0.6) is 0 Å². The Morgan fingerprint density at radius 1 is 0.414 bits per heavy atom. The SMILES string of the molecule is CCCCCCCCCCCCC/C=C/C(O)C(CO)NC(=O)C(O)CCCCCCCCCCCCCCCCCCCCCCCCCCCCCCCCC. The van der Waals surface area contributed by atoms with Crippen LogP contribution in [0.4, 0.5) is 0 Å². The summed E-state index contributed by atoms with van der Waals surface area (Å²) in [5, 5.41) is 33.2. The van der Waals surface area contributed by atoms with Gasteiger partial charge in [0.25, 0.3) is 0 Å². The van der Waals surface area contributed by atoms with Crippen LogP contribution in [0.2, 0.25) is 0 Å². The lowest BCUT2D eigenvalue weighted by Crippen LogP contribution is -2.48. The molecule has 0 rings (SSSR count). The lowest BCUT2D eigenvalue weighted by Gasteiger charge is -2.21. The highest BCUT2D eigenvalue weighted by atomic mass is 16.3. The van der Waals surface area contributed by atoms with Crippen molar-refractivity contribution in [2.75, 3.05) is 6.61 Å². The molecule has 0 bridgehead atoms. The molecule has 58 heavy (non-hydrogen) atoms. The van der Waals surface area contributed by atoms with Gasteiger partial charge in [0.1, 0.15) is 6.10 Å². The van der Waals surface area contributed by atoms with E-state index in [0.29, 0.717) is 6.42 Å². The maximum Gasteiger partial charge on any atom is 0.249 e. The summed E-state index contributed by atoms with van der Waals surface area (Å²) in [6.45, 7) is 4.20. The molecule has 0 aliphatic carbocycles. The van der Waals surface area contributed by atoms with Gasteiger partial charge in [-0.3, -0.25) is 4.79 Å². The number of aliphatic hydroxyl groups excluding tert-OH is 3. The average molecular weight is 820 g/mol. The van der Waals surface area contributed by atoms with Gasteiger partial charge in [-0.2, -0.15) is 0 Å². The van der Waals surface area contributed by atoms with Gasteiger partial charge < -0.3 is 20.6 Å². The zero-order valence-corrected chi connectivity index (χ0v) is 39.5. The molecule has 0 aromatic heterocycles. The maximum absolute atomic E-state index is 12.5. The summed E-state index contributed by atoms with van der Waals surface area (Å²) in [7, 11) is 0. The van der Waals surface area contributed by atoms with Crippen molar-refractivity contribution in [3.8, 4) is 0 Å². The quantitative estimate of drug-likeness (QED) is 0.0364. The second-order valence-electron chi connectivity index (χ2n) is 18.5. The fourth-order valence-electron chi connectivity index (χ4n) is 8.48. The summed E-state index contributed by atoms with van der Waals surface area (Å²) in [6, 6.07) is -0.793. The van der Waals surface area contributed by atoms with Crippen molar-refractivity contribution in [2.45, 2.75) is 315 Å². The molecule has 5 heteroatoms. The van der Waals surface area contributed by atoms with E-state index in [2.05, 4.69) is 19.2 Å². The number of amides is 1. The van der Waals surface area contributed by atoms with Crippen LogP contribution in [0.15, 0.2) is 12.2 Å². The van der Waals surface area contributed by atoms with Crippen molar-refractivity contribution in [2.24, 2.45) is 0 Å². The fourth-order valence-corrected chi connectivity index (χ4v) is 8.48. The molecule has 5 nitrogen and oxygen atoms in total. The van der Waals surface area contributed by atoms with Crippen LogP contribution in [0.1, 0.15) is 296 Å². The van der Waals surface area contributed by atoms with Gasteiger partial charge in [0.05, 0.1) is 18.8 Å². The number of allylic oxidation sites excluding steroid dienone is 1. The smallest absolute Gasteiger partial charge is 0.249 e. The summed E-state index contributed by atoms with van der Waals surface area (Å²) in [4.78, 5) is 12.5. The van der Waals surface area contributed by atoms with Crippen LogP contribution in [-0.2, 0) is 4.79 Å². The first-order valence-electron chi connectivity index (χ1n) is 26.5. The van der Waals surface area contributed by atoms with Crippen LogP contribution < -0.4 is 5.32 Å². The highest BCUT2D eigenvalue weighted by Crippen LogP contribution is 2.18. The summed E-state index contributed by atoms with van der Waals surface area (Å²) >= 11 is 0. The second kappa shape index (κ2) is 48.8. The Bertz CT molecular complexity index is 818. The van der Waals surface area contributed by atoms with E-state index < -0.39 is 24.2 Å². The molecular formula is C53H105NO4. The molecule has 3 unspecified atom stereocenters. The number of hydrogen-bond acceptors (Lipinski definition) is 4. The molecule has 0 saturated heterocycles. The van der Waals surface area contributed by atoms with E-state index in [1.165, 1.54) is 244 Å². The number of carbonyl (C=O) groups excluding carboxylic acids is 1. The molecule has 0 aliphatic rings. The Morgan fingerprint density at radius 3 is 0.948 bits per heavy atom. The summed E-state index contributed by atoms with van der Waals surface area (Å²) in [5.74, 6) is -0.498. The largest absolute Gasteiger partial charge is 0.394 e. The standard InChI is InChI=1S/C53H105NO4/c1-3-5-7-9-11-13-15-17-18-19-20-21-22-23-24-25-26-27-28-29-30-31-32-33-34-36-38-40-42-44-46-48-52(57)53(58)54-50(49-55)51(56)47-45-43-41-39-37-35-16-14-12-10-8-6-4-2/h45,47,50-52,55-57H,3-44,46,48-49H2,1-2H3,(H,54,58)/b47-45+. The Labute approximate surface area is 363 Å². The average Bonchev–Trinajstić information content (AvgIpc) is 3.23. The second-order valence-corrected chi connectivity index (χ2v) is 18.5. The lowest BCUT2D eigenvalue weighted by atomic mass is 10.0. The minimum absolute atomic E-state index is 0.359. The number of aliphatic hydroxyl groups is 3. The molecule has 1 amide bonds. The zero-order valence-electron chi connectivity index (χ0n) is 39.5. The van der Waals surface area contributed by atoms with Gasteiger partial charge in [-0.25, -0.2) is 0 Å². The number of carbonyl (C=O) groups is 1. The third kappa shape index (κ3) is 43.2. The molecular weight excluding hydrogens is 715 g/mol. The van der Waals surface area contributed by atoms with Crippen LogP contribution in [0, 0.1) is 0 Å². The summed E-state index contributed by atoms with van der Waals surface area (Å²) < 4.78 is 0. The lowest BCUT2D eigenvalue weighted by molar-refractivity contribution is -0.131. The summed E-state index contributed by atoms with van der Waals surface area (Å²) in [5.41, 5.74) is 0. The molecule has 0 radical (unpaired) electrons. The van der Waals surface area contributed by atoms with Crippen molar-refractivity contribution in [3.63, 3.8) is 0 Å². The number of hydrogen-bond donors (Lipinski definition) is 4. The first-order chi connectivity index (χ1) is 28.6. The normalized spacial score (nSPS) is 13.4. The molecule has 4 N–H and O–H groups in total. The molecule has 0 aromatic rings. The van der Waals surface area contributed by atoms with Gasteiger partial charge in [0.15, 0.2) is 0 Å². The van der Waals surface area contributed by atoms with Gasteiger partial charge in [-0.05, 0) is 19.3 Å². The van der Waals surface area contributed by atoms with Crippen molar-refractivity contribution in [1.82, 2.24) is 5.32 Å². The van der Waals surface area contributed by atoms with Gasteiger partial charge in [0, 0.05) is 0 Å². The topological polar surface area (TPSA) is 89.8 Å². The van der Waals surface area contributed by atoms with Crippen molar-refractivity contribution < 1.29 is 20.1 Å². The van der Waals surface area contributed by atoms with E-state index in [4.69, 9.17) is 0 Å². The zero-order chi connectivity index (χ0) is 42.3. The third-order valence-corrected chi connectivity index (χ3v) is 12.6. The fraction of sp³-hybridized carbons (Fsp3) is 0.943. The Kier molecular flexibility index (Phi) is 48.0. The first-order valence-corrected chi connectivity index (χ1v) is 26.5. The molecule has 0 aromatic carbocycles. The van der Waals surface area contributed by atoms with Crippen LogP contribution in [-0.4, -0.2) is 46.1 Å². The van der Waals surface area contributed by atoms with Gasteiger partial charge in [-0.1, -0.05) is 289 Å². The predicted octanol–water partition coefficient (Wildman–Crippen LogP) is 15.9.